The van der Waals surface area contributed by atoms with E-state index < -0.39 is 0 Å². The van der Waals surface area contributed by atoms with E-state index in [0.717, 1.165) is 25.0 Å². The number of nitrogens with zero attached hydrogens (tertiary/aromatic N) is 3. The van der Waals surface area contributed by atoms with E-state index in [4.69, 9.17) is 0 Å². The molecule has 2 aliphatic heterocycles. The first-order chi connectivity index (χ1) is 10.2. The Balaban J connectivity index is 1.88. The molecule has 0 aromatic rings. The van der Waals surface area contributed by atoms with Crippen LogP contribution in [-0.2, 0) is 0 Å². The van der Waals surface area contributed by atoms with Crippen molar-refractivity contribution in [2.45, 2.75) is 66.0 Å². The Hall–Kier alpha value is -0.770. The maximum absolute atomic E-state index is 4.53. The fourth-order valence-corrected chi connectivity index (χ4v) is 3.66. The van der Waals surface area contributed by atoms with Crippen molar-refractivity contribution < 1.29 is 0 Å². The van der Waals surface area contributed by atoms with Crippen molar-refractivity contribution in [3.05, 3.63) is 0 Å². The molecule has 0 saturated carbocycles. The lowest BCUT2D eigenvalue weighted by Crippen LogP contribution is -2.72. The lowest BCUT2D eigenvalue weighted by Gasteiger charge is -2.62. The first-order valence-electron chi connectivity index (χ1n) is 8.91. The van der Waals surface area contributed by atoms with E-state index in [1.54, 1.807) is 0 Å². The van der Waals surface area contributed by atoms with Crippen LogP contribution in [0.4, 0.5) is 0 Å². The Morgan fingerprint density at radius 3 is 2.45 bits per heavy atom. The molecule has 1 N–H and O–H groups in total. The van der Waals surface area contributed by atoms with Crippen molar-refractivity contribution in [1.82, 2.24) is 15.1 Å². The molecule has 4 heteroatoms. The number of hydrogen-bond donors (Lipinski definition) is 1. The molecule has 2 aliphatic rings. The fourth-order valence-electron chi connectivity index (χ4n) is 3.66. The van der Waals surface area contributed by atoms with E-state index in [9.17, 15) is 0 Å². The summed E-state index contributed by atoms with van der Waals surface area (Å²) < 4.78 is 0. The van der Waals surface area contributed by atoms with Gasteiger partial charge in [0.05, 0.1) is 0 Å². The predicted molar refractivity (Wildman–Crippen MR) is 95.4 cm³/mol. The molecule has 0 spiro atoms. The van der Waals surface area contributed by atoms with Gasteiger partial charge in [0, 0.05) is 43.7 Å². The van der Waals surface area contributed by atoms with Gasteiger partial charge < -0.3 is 15.1 Å². The van der Waals surface area contributed by atoms with Crippen LogP contribution >= 0.6 is 0 Å². The summed E-state index contributed by atoms with van der Waals surface area (Å²) >= 11 is 0. The Kier molecular flexibility index (Phi) is 5.10. The monoisotopic (exact) mass is 308 g/mol. The zero-order valence-electron chi connectivity index (χ0n) is 15.7. The molecule has 0 aromatic heterocycles. The van der Waals surface area contributed by atoms with Crippen LogP contribution in [0.15, 0.2) is 4.99 Å². The van der Waals surface area contributed by atoms with Gasteiger partial charge in [-0.15, -0.1) is 0 Å². The highest BCUT2D eigenvalue weighted by atomic mass is 15.4. The second-order valence-corrected chi connectivity index (χ2v) is 8.55. The molecule has 4 nitrogen and oxygen atoms in total. The Labute approximate surface area is 137 Å². The van der Waals surface area contributed by atoms with E-state index in [1.807, 2.05) is 7.05 Å². The minimum absolute atomic E-state index is 0.172. The molecule has 0 amide bonds. The molecule has 0 aliphatic carbocycles. The number of piperidine rings is 1. The highest BCUT2D eigenvalue weighted by Crippen LogP contribution is 2.46. The van der Waals surface area contributed by atoms with Gasteiger partial charge in [0.1, 0.15) is 0 Å². The van der Waals surface area contributed by atoms with E-state index in [-0.39, 0.29) is 5.54 Å². The van der Waals surface area contributed by atoms with Crippen LogP contribution in [0, 0.1) is 11.3 Å². The zero-order chi connectivity index (χ0) is 16.5. The van der Waals surface area contributed by atoms with Crippen LogP contribution in [0.3, 0.4) is 0 Å². The van der Waals surface area contributed by atoms with Crippen LogP contribution in [-0.4, -0.2) is 60.6 Å². The van der Waals surface area contributed by atoms with Gasteiger partial charge in [-0.05, 0) is 53.0 Å². The van der Waals surface area contributed by atoms with Crippen molar-refractivity contribution in [3.8, 4) is 0 Å². The van der Waals surface area contributed by atoms with E-state index >= 15 is 0 Å². The number of nitrogens with one attached hydrogen (secondary N) is 1. The zero-order valence-corrected chi connectivity index (χ0v) is 15.7. The maximum atomic E-state index is 4.53. The smallest absolute Gasteiger partial charge is 0.194 e. The summed E-state index contributed by atoms with van der Waals surface area (Å²) in [6, 6.07) is 0.664. The van der Waals surface area contributed by atoms with Gasteiger partial charge in [-0.1, -0.05) is 13.8 Å². The standard InChI is InChI=1S/C18H36N4/c1-14(2)21-10-8-9-15(12-21)11-20-16(19-7)22-13-17(3,4)18(22,5)6/h14-15H,8-13H2,1-7H3,(H,19,20). The highest BCUT2D eigenvalue weighted by Gasteiger charge is 2.53. The minimum atomic E-state index is 0.172. The van der Waals surface area contributed by atoms with E-state index in [2.05, 4.69) is 61.7 Å². The third-order valence-corrected chi connectivity index (χ3v) is 6.18. The van der Waals surface area contributed by atoms with Crippen molar-refractivity contribution in [2.75, 3.05) is 33.2 Å². The molecule has 0 aromatic carbocycles. The molecular weight excluding hydrogens is 272 g/mol. The second-order valence-electron chi connectivity index (χ2n) is 8.55. The quantitative estimate of drug-likeness (QED) is 0.642. The molecule has 1 atom stereocenters. The predicted octanol–water partition coefficient (Wildman–Crippen LogP) is 2.80. The molecule has 2 saturated heterocycles. The number of aliphatic imine (C=N–C) groups is 1. The molecular formula is C18H36N4. The van der Waals surface area contributed by atoms with Crippen molar-refractivity contribution >= 4 is 5.96 Å². The average molecular weight is 309 g/mol. The average Bonchev–Trinajstić information content (AvgIpc) is 2.47. The lowest BCUT2D eigenvalue weighted by molar-refractivity contribution is -0.0669. The minimum Gasteiger partial charge on any atom is -0.356 e. The van der Waals surface area contributed by atoms with Crippen LogP contribution in [0.5, 0.6) is 0 Å². The molecule has 2 fully saturated rings. The first-order valence-corrected chi connectivity index (χ1v) is 8.91. The Morgan fingerprint density at radius 2 is 1.95 bits per heavy atom. The second kappa shape index (κ2) is 6.38. The van der Waals surface area contributed by atoms with Gasteiger partial charge in [-0.2, -0.15) is 0 Å². The normalized spacial score (nSPS) is 28.6. The molecule has 1 unspecified atom stereocenters. The summed E-state index contributed by atoms with van der Waals surface area (Å²) in [5, 5.41) is 3.64. The van der Waals surface area contributed by atoms with Crippen molar-refractivity contribution in [1.29, 1.82) is 0 Å². The summed E-state index contributed by atoms with van der Waals surface area (Å²) in [6.07, 6.45) is 2.66. The summed E-state index contributed by atoms with van der Waals surface area (Å²) in [5.41, 5.74) is 0.523. The van der Waals surface area contributed by atoms with Crippen molar-refractivity contribution in [3.63, 3.8) is 0 Å². The van der Waals surface area contributed by atoms with Gasteiger partial charge in [0.2, 0.25) is 0 Å². The van der Waals surface area contributed by atoms with Gasteiger partial charge in [-0.25, -0.2) is 0 Å². The SMILES string of the molecule is CN=C(NCC1CCCN(C(C)C)C1)N1CC(C)(C)C1(C)C. The molecule has 22 heavy (non-hydrogen) atoms. The summed E-state index contributed by atoms with van der Waals surface area (Å²) in [6.45, 7) is 18.6. The van der Waals surface area contributed by atoms with Crippen LogP contribution in [0.25, 0.3) is 0 Å². The van der Waals surface area contributed by atoms with Crippen molar-refractivity contribution in [2.24, 2.45) is 16.3 Å². The van der Waals surface area contributed by atoms with Gasteiger partial charge in [0.25, 0.3) is 0 Å². The number of rotatable bonds is 3. The van der Waals surface area contributed by atoms with Gasteiger partial charge in [-0.3, -0.25) is 4.99 Å². The van der Waals surface area contributed by atoms with Crippen LogP contribution in [0.1, 0.15) is 54.4 Å². The molecule has 0 radical (unpaired) electrons. The third kappa shape index (κ3) is 3.27. The summed E-state index contributed by atoms with van der Waals surface area (Å²) in [4.78, 5) is 9.56. The lowest BCUT2D eigenvalue weighted by atomic mass is 9.65. The Bertz CT molecular complexity index is 411. The molecule has 128 valence electrons. The van der Waals surface area contributed by atoms with Crippen LogP contribution in [0.2, 0.25) is 0 Å². The maximum Gasteiger partial charge on any atom is 0.194 e. The van der Waals surface area contributed by atoms with Crippen LogP contribution < -0.4 is 5.32 Å². The summed E-state index contributed by atoms with van der Waals surface area (Å²) in [5.74, 6) is 1.82. The number of hydrogen-bond acceptors (Lipinski definition) is 2. The summed E-state index contributed by atoms with van der Waals surface area (Å²) in [7, 11) is 1.91. The molecule has 2 rings (SSSR count). The van der Waals surface area contributed by atoms with E-state index in [0.29, 0.717) is 11.5 Å². The largest absolute Gasteiger partial charge is 0.356 e. The molecule has 0 bridgehead atoms. The van der Waals surface area contributed by atoms with Gasteiger partial charge in [0.15, 0.2) is 5.96 Å². The molecule has 2 heterocycles. The Morgan fingerprint density at radius 1 is 1.27 bits per heavy atom. The highest BCUT2D eigenvalue weighted by molar-refractivity contribution is 5.82. The third-order valence-electron chi connectivity index (χ3n) is 6.18. The number of guanidine groups is 1. The van der Waals surface area contributed by atoms with E-state index in [1.165, 1.54) is 25.9 Å². The first kappa shape index (κ1) is 17.6. The fraction of sp³-hybridized carbons (Fsp3) is 0.944. The number of likely N-dealkylation sites (tertiary alicyclic amines) is 2. The van der Waals surface area contributed by atoms with Gasteiger partial charge >= 0.3 is 0 Å². The topological polar surface area (TPSA) is 30.9 Å².